The van der Waals surface area contributed by atoms with Crippen molar-refractivity contribution >= 4 is 27.7 Å². The summed E-state index contributed by atoms with van der Waals surface area (Å²) >= 11 is 3.41. The van der Waals surface area contributed by atoms with Gasteiger partial charge in [0.2, 0.25) is 5.91 Å². The predicted octanol–water partition coefficient (Wildman–Crippen LogP) is 3.75. The Morgan fingerprint density at radius 3 is 2.42 bits per heavy atom. The number of amides is 2. The van der Waals surface area contributed by atoms with Gasteiger partial charge >= 0.3 is 0 Å². The number of nitrogens with zero attached hydrogens (tertiary/aromatic N) is 1. The van der Waals surface area contributed by atoms with E-state index in [1.807, 2.05) is 29.2 Å². The first-order chi connectivity index (χ1) is 11.6. The van der Waals surface area contributed by atoms with Crippen LogP contribution in [-0.2, 0) is 4.79 Å². The van der Waals surface area contributed by atoms with Crippen LogP contribution in [0.5, 0.6) is 0 Å². The fourth-order valence-corrected chi connectivity index (χ4v) is 4.11. The van der Waals surface area contributed by atoms with Gasteiger partial charge in [-0.3, -0.25) is 9.59 Å². The first-order valence-corrected chi connectivity index (χ1v) is 9.78. The van der Waals surface area contributed by atoms with Gasteiger partial charge in [0, 0.05) is 35.1 Å². The Hall–Kier alpha value is -1.36. The smallest absolute Gasteiger partial charge is 0.253 e. The molecule has 1 aliphatic heterocycles. The second-order valence-corrected chi connectivity index (χ2v) is 7.84. The molecule has 0 aromatic heterocycles. The molecule has 1 heterocycles. The second kappa shape index (κ2) is 8.15. The van der Waals surface area contributed by atoms with Crippen LogP contribution in [0.2, 0.25) is 0 Å². The number of rotatable bonds is 3. The van der Waals surface area contributed by atoms with E-state index < -0.39 is 0 Å². The van der Waals surface area contributed by atoms with Gasteiger partial charge in [-0.25, -0.2) is 0 Å². The Bertz CT molecular complexity index is 591. The van der Waals surface area contributed by atoms with Crippen LogP contribution in [0.1, 0.15) is 55.3 Å². The Morgan fingerprint density at radius 1 is 1.04 bits per heavy atom. The van der Waals surface area contributed by atoms with Gasteiger partial charge in [0.05, 0.1) is 0 Å². The normalized spacial score (nSPS) is 20.0. The number of hydrogen-bond acceptors (Lipinski definition) is 2. The van der Waals surface area contributed by atoms with E-state index in [1.165, 1.54) is 19.3 Å². The third-order valence-corrected chi connectivity index (χ3v) is 5.67. The lowest BCUT2D eigenvalue weighted by Crippen LogP contribution is -2.48. The predicted molar refractivity (Wildman–Crippen MR) is 97.8 cm³/mol. The van der Waals surface area contributed by atoms with Crippen molar-refractivity contribution in [1.82, 2.24) is 10.2 Å². The molecule has 2 amide bonds. The standard InChI is InChI=1S/C19H25BrN2O2/c20-16-8-4-7-15(13-16)19(24)22-11-9-17(10-12-22)21-18(23)14-5-2-1-3-6-14/h4,7-8,13-14,17H,1-3,5-6,9-12H2,(H,21,23). The third kappa shape index (κ3) is 4.38. The number of halogens is 1. The van der Waals surface area contributed by atoms with Crippen LogP contribution >= 0.6 is 15.9 Å². The highest BCUT2D eigenvalue weighted by Crippen LogP contribution is 2.24. The Kier molecular flexibility index (Phi) is 5.93. The number of nitrogens with one attached hydrogen (secondary N) is 1. The fraction of sp³-hybridized carbons (Fsp3) is 0.579. The van der Waals surface area contributed by atoms with Crippen molar-refractivity contribution in [2.24, 2.45) is 5.92 Å². The topological polar surface area (TPSA) is 49.4 Å². The van der Waals surface area contributed by atoms with Crippen LogP contribution in [0, 0.1) is 5.92 Å². The molecule has 0 atom stereocenters. The quantitative estimate of drug-likeness (QED) is 0.851. The molecule has 5 heteroatoms. The molecule has 1 aromatic rings. The number of benzene rings is 1. The molecule has 1 aromatic carbocycles. The molecule has 1 aliphatic carbocycles. The molecule has 130 valence electrons. The molecule has 4 nitrogen and oxygen atoms in total. The third-order valence-electron chi connectivity index (χ3n) is 5.18. The number of hydrogen-bond donors (Lipinski definition) is 1. The zero-order valence-electron chi connectivity index (χ0n) is 14.0. The second-order valence-electron chi connectivity index (χ2n) is 6.92. The Morgan fingerprint density at radius 2 is 1.75 bits per heavy atom. The SMILES string of the molecule is O=C(NC1CCN(C(=O)c2cccc(Br)c2)CC1)C1CCCCC1. The van der Waals surface area contributed by atoms with Gasteiger partial charge in [-0.15, -0.1) is 0 Å². The van der Waals surface area contributed by atoms with Crippen molar-refractivity contribution in [2.75, 3.05) is 13.1 Å². The minimum absolute atomic E-state index is 0.0772. The summed E-state index contributed by atoms with van der Waals surface area (Å²) in [5, 5.41) is 3.21. The molecule has 0 bridgehead atoms. The molecule has 2 fully saturated rings. The molecule has 2 aliphatic rings. The molecule has 0 spiro atoms. The summed E-state index contributed by atoms with van der Waals surface area (Å²) in [6.07, 6.45) is 7.38. The van der Waals surface area contributed by atoms with Crippen LogP contribution in [0.4, 0.5) is 0 Å². The maximum atomic E-state index is 12.5. The highest BCUT2D eigenvalue weighted by Gasteiger charge is 2.27. The lowest BCUT2D eigenvalue weighted by atomic mass is 9.88. The van der Waals surface area contributed by atoms with Gasteiger partial charge in [0.15, 0.2) is 0 Å². The first kappa shape index (κ1) is 17.5. The number of piperidine rings is 1. The lowest BCUT2D eigenvalue weighted by molar-refractivity contribution is -0.126. The van der Waals surface area contributed by atoms with Crippen LogP contribution in [0.15, 0.2) is 28.7 Å². The van der Waals surface area contributed by atoms with Crippen molar-refractivity contribution in [3.63, 3.8) is 0 Å². The number of likely N-dealkylation sites (tertiary alicyclic amines) is 1. The lowest BCUT2D eigenvalue weighted by Gasteiger charge is -2.33. The van der Waals surface area contributed by atoms with Gasteiger partial charge in [-0.1, -0.05) is 41.3 Å². The summed E-state index contributed by atoms with van der Waals surface area (Å²) in [5.41, 5.74) is 0.717. The van der Waals surface area contributed by atoms with E-state index in [0.717, 1.165) is 30.2 Å². The monoisotopic (exact) mass is 392 g/mol. The first-order valence-electron chi connectivity index (χ1n) is 8.99. The zero-order chi connectivity index (χ0) is 16.9. The van der Waals surface area contributed by atoms with Gasteiger partial charge in [0.25, 0.3) is 5.91 Å². The number of carbonyl (C=O) groups is 2. The molecule has 3 rings (SSSR count). The minimum Gasteiger partial charge on any atom is -0.353 e. The molecule has 24 heavy (non-hydrogen) atoms. The van der Waals surface area contributed by atoms with E-state index in [1.54, 1.807) is 0 Å². The van der Waals surface area contributed by atoms with Crippen LogP contribution in [-0.4, -0.2) is 35.8 Å². The van der Waals surface area contributed by atoms with Crippen LogP contribution in [0.3, 0.4) is 0 Å². The summed E-state index contributed by atoms with van der Waals surface area (Å²) in [4.78, 5) is 26.8. The Labute approximate surface area is 152 Å². The van der Waals surface area contributed by atoms with E-state index in [9.17, 15) is 9.59 Å². The molecule has 0 unspecified atom stereocenters. The molecular weight excluding hydrogens is 368 g/mol. The van der Waals surface area contributed by atoms with Gasteiger partial charge in [-0.05, 0) is 43.9 Å². The van der Waals surface area contributed by atoms with Crippen molar-refractivity contribution in [1.29, 1.82) is 0 Å². The largest absolute Gasteiger partial charge is 0.353 e. The van der Waals surface area contributed by atoms with Gasteiger partial charge in [-0.2, -0.15) is 0 Å². The maximum Gasteiger partial charge on any atom is 0.253 e. The van der Waals surface area contributed by atoms with E-state index in [-0.39, 0.29) is 23.8 Å². The molecule has 1 saturated carbocycles. The average molecular weight is 393 g/mol. The molecule has 0 radical (unpaired) electrons. The summed E-state index contributed by atoms with van der Waals surface area (Å²) in [7, 11) is 0. The highest BCUT2D eigenvalue weighted by molar-refractivity contribution is 9.10. The maximum absolute atomic E-state index is 12.5. The van der Waals surface area contributed by atoms with E-state index >= 15 is 0 Å². The van der Waals surface area contributed by atoms with Crippen molar-refractivity contribution in [3.05, 3.63) is 34.3 Å². The molecule has 1 saturated heterocycles. The zero-order valence-corrected chi connectivity index (χ0v) is 15.6. The van der Waals surface area contributed by atoms with Crippen molar-refractivity contribution in [2.45, 2.75) is 51.0 Å². The van der Waals surface area contributed by atoms with E-state index in [0.29, 0.717) is 18.7 Å². The summed E-state index contributed by atoms with van der Waals surface area (Å²) in [5.74, 6) is 0.514. The fourth-order valence-electron chi connectivity index (χ4n) is 3.71. The minimum atomic E-state index is 0.0772. The van der Waals surface area contributed by atoms with Crippen molar-refractivity contribution < 1.29 is 9.59 Å². The molecule has 1 N–H and O–H groups in total. The summed E-state index contributed by atoms with van der Waals surface area (Å²) < 4.78 is 0.919. The van der Waals surface area contributed by atoms with E-state index in [4.69, 9.17) is 0 Å². The number of carbonyl (C=O) groups excluding carboxylic acids is 2. The summed E-state index contributed by atoms with van der Waals surface area (Å²) in [6.45, 7) is 1.42. The van der Waals surface area contributed by atoms with Crippen LogP contribution in [0.25, 0.3) is 0 Å². The summed E-state index contributed by atoms with van der Waals surface area (Å²) in [6, 6.07) is 7.73. The van der Waals surface area contributed by atoms with Crippen LogP contribution < -0.4 is 5.32 Å². The molecular formula is C19H25BrN2O2. The average Bonchev–Trinajstić information content (AvgIpc) is 2.62. The highest BCUT2D eigenvalue weighted by atomic mass is 79.9. The van der Waals surface area contributed by atoms with Gasteiger partial charge in [0.1, 0.15) is 0 Å². The van der Waals surface area contributed by atoms with Crippen molar-refractivity contribution in [3.8, 4) is 0 Å². The van der Waals surface area contributed by atoms with Gasteiger partial charge < -0.3 is 10.2 Å². The Balaban J connectivity index is 1.48. The van der Waals surface area contributed by atoms with E-state index in [2.05, 4.69) is 21.2 Å².